The number of hydrogen-bond donors (Lipinski definition) is 4. The number of methoxy groups -OCH3 is 2. The highest BCUT2D eigenvalue weighted by molar-refractivity contribution is 6.13. The molecule has 4 atom stereocenters. The molecule has 4 N–H and O–H groups in total. The molecule has 0 aromatic heterocycles. The molecule has 4 aromatic rings. The average Bonchev–Trinajstić information content (AvgIpc) is 4.17. The van der Waals surface area contributed by atoms with Crippen LogP contribution in [0.3, 0.4) is 0 Å². The van der Waals surface area contributed by atoms with Crippen molar-refractivity contribution in [1.29, 1.82) is 0 Å². The van der Waals surface area contributed by atoms with Gasteiger partial charge in [-0.1, -0.05) is 44.5 Å². The number of amides is 7. The quantitative estimate of drug-likeness (QED) is 0.0421. The maximum atomic E-state index is 14.1. The van der Waals surface area contributed by atoms with Gasteiger partial charge in [0.15, 0.2) is 23.0 Å². The molecule has 0 bridgehead atoms. The van der Waals surface area contributed by atoms with Crippen LogP contribution in [-0.4, -0.2) is 138 Å². The fraction of sp³-hybridized carbons (Fsp3) is 0.333. The Balaban J connectivity index is 0.740. The number of carbonyl (C=O) groups is 8. The number of carboxylic acid groups (broad SMARTS) is 1. The molecule has 5 aliphatic heterocycles. The van der Waals surface area contributed by atoms with Crippen LogP contribution in [0.1, 0.15) is 108 Å². The first-order chi connectivity index (χ1) is 39.0. The Labute approximate surface area is 467 Å². The summed E-state index contributed by atoms with van der Waals surface area (Å²) >= 11 is 0. The molecule has 7 amide bonds. The van der Waals surface area contributed by atoms with Crippen molar-refractivity contribution in [2.24, 2.45) is 15.9 Å². The number of carbonyl (C=O) groups excluding carboxylic acids is 7. The summed E-state index contributed by atoms with van der Waals surface area (Å²) in [5.41, 5.74) is 5.63. The van der Waals surface area contributed by atoms with Crippen LogP contribution < -0.4 is 34.9 Å². The molecule has 0 aliphatic carbocycles. The summed E-state index contributed by atoms with van der Waals surface area (Å²) in [6.45, 7) is 5.87. The van der Waals surface area contributed by atoms with Crippen LogP contribution in [0.25, 0.3) is 11.1 Å². The van der Waals surface area contributed by atoms with Gasteiger partial charge in [-0.15, -0.1) is 0 Å². The molecule has 21 nitrogen and oxygen atoms in total. The summed E-state index contributed by atoms with van der Waals surface area (Å²) in [7, 11) is 2.98. The van der Waals surface area contributed by atoms with E-state index in [1.807, 2.05) is 12.1 Å². The lowest BCUT2D eigenvalue weighted by molar-refractivity contribution is -0.137. The Morgan fingerprint density at radius 3 is 1.65 bits per heavy atom. The van der Waals surface area contributed by atoms with E-state index in [1.54, 1.807) is 104 Å². The number of fused-ring (bicyclic) bond motifs is 4. The predicted molar refractivity (Wildman–Crippen MR) is 300 cm³/mol. The third kappa shape index (κ3) is 12.7. The van der Waals surface area contributed by atoms with E-state index < -0.39 is 29.9 Å². The number of aromatic carboxylic acids is 1. The first-order valence-corrected chi connectivity index (χ1v) is 26.7. The van der Waals surface area contributed by atoms with E-state index in [0.717, 1.165) is 27.2 Å². The third-order valence-electron chi connectivity index (χ3n) is 14.5. The van der Waals surface area contributed by atoms with E-state index in [1.165, 1.54) is 38.5 Å². The van der Waals surface area contributed by atoms with Crippen molar-refractivity contribution >= 4 is 88.0 Å². The number of benzene rings is 4. The number of hydrogen-bond acceptors (Lipinski definition) is 14. The van der Waals surface area contributed by atoms with Crippen LogP contribution in [0.5, 0.6) is 23.0 Å². The molecule has 5 aliphatic rings. The number of unbranched alkanes of at least 4 members (excludes halogenated alkanes) is 2. The molecule has 0 spiro atoms. The Hall–Kier alpha value is -9.40. The molecule has 81 heavy (non-hydrogen) atoms. The number of nitrogens with zero attached hydrogens (tertiary/aromatic N) is 5. The van der Waals surface area contributed by atoms with E-state index >= 15 is 0 Å². The van der Waals surface area contributed by atoms with Crippen molar-refractivity contribution in [3.05, 3.63) is 125 Å². The molecular weight excluding hydrogens is 1040 g/mol. The maximum Gasteiger partial charge on any atom is 0.335 e. The van der Waals surface area contributed by atoms with E-state index in [-0.39, 0.29) is 79.3 Å². The number of aliphatic imine (C=N–C) groups is 2. The van der Waals surface area contributed by atoms with E-state index in [4.69, 9.17) is 23.9 Å². The van der Waals surface area contributed by atoms with E-state index in [2.05, 4.69) is 20.9 Å². The lowest BCUT2D eigenvalue weighted by Crippen LogP contribution is -2.53. The predicted octanol–water partition coefficient (Wildman–Crippen LogP) is 7.26. The van der Waals surface area contributed by atoms with Crippen molar-refractivity contribution in [2.75, 3.05) is 39.3 Å². The standard InChI is InChI=1S/C60H62N8O13/c1-34(2)55(65-52(69)10-7-6-8-21-66-53(70)19-20-54(66)71)57(73)63-35(3)56(72)64-41-17-15-37(16-18-41)40-25-43-31-62-47-29-51(49(79-5)27-45(47)59(75)68(43)33-40)81-23-9-22-80-50-28-46-44(26-48(50)78-4)58(74)67-32-39(24-42(67)30-61-46)36-11-13-38(14-12-36)60(76)77/h11-20,26-35,42-43,55H,6-10,21-25H2,1-5H3,(H,63,73)(H,64,72)(H,65,69)(H,76,77)/t35?,42-,43-,55?/m0/s1. The molecule has 0 saturated carbocycles. The number of rotatable bonds is 23. The van der Waals surface area contributed by atoms with Crippen LogP contribution in [0.2, 0.25) is 0 Å². The summed E-state index contributed by atoms with van der Waals surface area (Å²) in [6.07, 6.45) is 12.8. The Kier molecular flexibility index (Phi) is 17.2. The Morgan fingerprint density at radius 1 is 0.642 bits per heavy atom. The monoisotopic (exact) mass is 1100 g/mol. The van der Waals surface area contributed by atoms with Crippen LogP contribution in [-0.2, 0) is 24.0 Å². The number of ether oxygens (including phenoxy) is 4. The molecule has 21 heteroatoms. The van der Waals surface area contributed by atoms with Crippen LogP contribution in [0, 0.1) is 5.92 Å². The van der Waals surface area contributed by atoms with Crippen LogP contribution in [0.15, 0.2) is 107 Å². The molecule has 9 rings (SSSR count). The van der Waals surface area contributed by atoms with Gasteiger partial charge in [-0.25, -0.2) is 4.79 Å². The van der Waals surface area contributed by atoms with Crippen molar-refractivity contribution in [3.63, 3.8) is 0 Å². The molecule has 2 unspecified atom stereocenters. The second-order valence-corrected chi connectivity index (χ2v) is 20.4. The smallest absolute Gasteiger partial charge is 0.335 e. The average molecular weight is 1100 g/mol. The summed E-state index contributed by atoms with van der Waals surface area (Å²) in [6, 6.07) is 17.8. The number of nitrogens with one attached hydrogen (secondary N) is 3. The molecule has 420 valence electrons. The van der Waals surface area contributed by atoms with Gasteiger partial charge in [-0.3, -0.25) is 48.4 Å². The van der Waals surface area contributed by atoms with Gasteiger partial charge in [-0.05, 0) is 84.4 Å². The zero-order valence-electron chi connectivity index (χ0n) is 45.4. The number of carboxylic acids is 1. The largest absolute Gasteiger partial charge is 0.493 e. The molecular formula is C60H62N8O13. The Bertz CT molecular complexity index is 3310. The van der Waals surface area contributed by atoms with Gasteiger partial charge >= 0.3 is 5.97 Å². The van der Waals surface area contributed by atoms with Crippen molar-refractivity contribution in [2.45, 2.75) is 89.9 Å². The second-order valence-electron chi connectivity index (χ2n) is 20.4. The summed E-state index contributed by atoms with van der Waals surface area (Å²) < 4.78 is 23.6. The minimum atomic E-state index is -1.01. The lowest BCUT2D eigenvalue weighted by Gasteiger charge is -2.24. The highest BCUT2D eigenvalue weighted by atomic mass is 16.5. The van der Waals surface area contributed by atoms with Crippen molar-refractivity contribution in [3.8, 4) is 23.0 Å². The maximum absolute atomic E-state index is 14.1. The summed E-state index contributed by atoms with van der Waals surface area (Å²) in [5, 5.41) is 17.6. The molecule has 0 fully saturated rings. The second kappa shape index (κ2) is 24.7. The highest BCUT2D eigenvalue weighted by Crippen LogP contribution is 2.42. The van der Waals surface area contributed by atoms with Gasteiger partial charge < -0.3 is 49.8 Å². The molecule has 0 radical (unpaired) electrons. The minimum Gasteiger partial charge on any atom is -0.493 e. The topological polar surface area (TPSA) is 264 Å². The van der Waals surface area contributed by atoms with Gasteiger partial charge in [-0.2, -0.15) is 0 Å². The zero-order chi connectivity index (χ0) is 57.5. The minimum absolute atomic E-state index is 0.158. The third-order valence-corrected chi connectivity index (χ3v) is 14.5. The highest BCUT2D eigenvalue weighted by Gasteiger charge is 2.36. The fourth-order valence-corrected chi connectivity index (χ4v) is 9.94. The van der Waals surface area contributed by atoms with Gasteiger partial charge in [0.1, 0.15) is 12.1 Å². The normalized spacial score (nSPS) is 17.5. The summed E-state index contributed by atoms with van der Waals surface area (Å²) in [4.78, 5) is 116. The van der Waals surface area contributed by atoms with Gasteiger partial charge in [0.05, 0.1) is 67.6 Å². The van der Waals surface area contributed by atoms with E-state index in [0.29, 0.717) is 89.7 Å². The van der Waals surface area contributed by atoms with Crippen LogP contribution in [0.4, 0.5) is 17.1 Å². The number of imide groups is 1. The summed E-state index contributed by atoms with van der Waals surface area (Å²) in [5.74, 6) is -2.27. The fourth-order valence-electron chi connectivity index (χ4n) is 9.94. The Morgan fingerprint density at radius 2 is 1.16 bits per heavy atom. The van der Waals surface area contributed by atoms with Gasteiger partial charge in [0.2, 0.25) is 17.7 Å². The molecule has 0 saturated heterocycles. The van der Waals surface area contributed by atoms with Crippen LogP contribution >= 0.6 is 0 Å². The van der Waals surface area contributed by atoms with Crippen molar-refractivity contribution < 1.29 is 62.4 Å². The van der Waals surface area contributed by atoms with Gasteiger partial charge in [0, 0.05) is 87.0 Å². The zero-order valence-corrected chi connectivity index (χ0v) is 45.4. The first kappa shape index (κ1) is 56.3. The molecule has 5 heterocycles. The van der Waals surface area contributed by atoms with Gasteiger partial charge in [0.25, 0.3) is 23.6 Å². The van der Waals surface area contributed by atoms with Crippen molar-refractivity contribution in [1.82, 2.24) is 25.3 Å². The SMILES string of the molecule is COc1cc2c(cc1OCCCOc1cc3c(cc1OC)C(=O)N1C=C(c4ccc(C(=O)O)cc4)C[C@H]1C=N3)N=C[C@@H]1CC(c3ccc(NC(=O)C(C)NC(=O)C(NC(=O)CCCCCN4C(=O)C=CC4=O)C(C)C)cc3)=CN1C2=O. The first-order valence-electron chi connectivity index (χ1n) is 26.7. The van der Waals surface area contributed by atoms with E-state index in [9.17, 15) is 43.5 Å². The molecule has 4 aromatic carbocycles. The lowest BCUT2D eigenvalue weighted by atomic mass is 10.0. The number of anilines is 1.